The SMILES string of the molecule is NC1(c2ccc(C(=O)O)cc2)CCOC1. The number of aromatic carboxylic acids is 1. The number of hydrogen-bond acceptors (Lipinski definition) is 3. The van der Waals surface area contributed by atoms with Crippen LogP contribution >= 0.6 is 0 Å². The Balaban J connectivity index is 2.26. The zero-order valence-corrected chi connectivity index (χ0v) is 8.27. The van der Waals surface area contributed by atoms with Crippen LogP contribution in [0.1, 0.15) is 22.3 Å². The van der Waals surface area contributed by atoms with E-state index < -0.39 is 11.5 Å². The second kappa shape index (κ2) is 3.64. The molecule has 1 aromatic carbocycles. The van der Waals surface area contributed by atoms with Gasteiger partial charge in [-0.15, -0.1) is 0 Å². The average Bonchev–Trinajstić information content (AvgIpc) is 2.67. The summed E-state index contributed by atoms with van der Waals surface area (Å²) in [6, 6.07) is 6.67. The van der Waals surface area contributed by atoms with E-state index in [1.54, 1.807) is 24.3 Å². The third kappa shape index (κ3) is 1.86. The minimum Gasteiger partial charge on any atom is -0.478 e. The lowest BCUT2D eigenvalue weighted by Crippen LogP contribution is -2.36. The predicted octanol–water partition coefficient (Wildman–Crippen LogP) is 0.959. The van der Waals surface area contributed by atoms with Gasteiger partial charge in [0.1, 0.15) is 0 Å². The molecule has 0 amide bonds. The fraction of sp³-hybridized carbons (Fsp3) is 0.364. The maximum Gasteiger partial charge on any atom is 0.335 e. The summed E-state index contributed by atoms with van der Waals surface area (Å²) in [5.41, 5.74) is 6.90. The largest absolute Gasteiger partial charge is 0.478 e. The van der Waals surface area contributed by atoms with E-state index in [0.717, 1.165) is 12.0 Å². The van der Waals surface area contributed by atoms with Gasteiger partial charge in [-0.2, -0.15) is 0 Å². The fourth-order valence-corrected chi connectivity index (χ4v) is 1.75. The molecule has 4 nitrogen and oxygen atoms in total. The van der Waals surface area contributed by atoms with Crippen molar-refractivity contribution in [3.8, 4) is 0 Å². The number of ether oxygens (including phenoxy) is 1. The van der Waals surface area contributed by atoms with Gasteiger partial charge in [0.15, 0.2) is 0 Å². The Labute approximate surface area is 87.7 Å². The van der Waals surface area contributed by atoms with Gasteiger partial charge in [0.25, 0.3) is 0 Å². The molecule has 15 heavy (non-hydrogen) atoms. The summed E-state index contributed by atoms with van der Waals surface area (Å²) in [4.78, 5) is 10.7. The number of carboxylic acid groups (broad SMARTS) is 1. The van der Waals surface area contributed by atoms with Crippen LogP contribution in [0.2, 0.25) is 0 Å². The van der Waals surface area contributed by atoms with Gasteiger partial charge < -0.3 is 15.6 Å². The summed E-state index contributed by atoms with van der Waals surface area (Å²) >= 11 is 0. The molecule has 3 N–H and O–H groups in total. The lowest BCUT2D eigenvalue weighted by Gasteiger charge is -2.22. The maximum atomic E-state index is 10.7. The van der Waals surface area contributed by atoms with Crippen molar-refractivity contribution in [2.24, 2.45) is 5.73 Å². The molecule has 0 aliphatic carbocycles. The average molecular weight is 207 g/mol. The van der Waals surface area contributed by atoms with Gasteiger partial charge in [-0.05, 0) is 24.1 Å². The van der Waals surface area contributed by atoms with Gasteiger partial charge in [0.2, 0.25) is 0 Å². The number of benzene rings is 1. The highest BCUT2D eigenvalue weighted by Gasteiger charge is 2.32. The molecule has 0 aromatic heterocycles. The molecule has 1 saturated heterocycles. The van der Waals surface area contributed by atoms with Gasteiger partial charge in [-0.1, -0.05) is 12.1 Å². The molecule has 1 fully saturated rings. The lowest BCUT2D eigenvalue weighted by atomic mass is 9.90. The van der Waals surface area contributed by atoms with Crippen LogP contribution < -0.4 is 5.73 Å². The van der Waals surface area contributed by atoms with Crippen molar-refractivity contribution in [2.45, 2.75) is 12.0 Å². The lowest BCUT2D eigenvalue weighted by molar-refractivity contribution is 0.0697. The molecular weight excluding hydrogens is 194 g/mol. The van der Waals surface area contributed by atoms with Crippen molar-refractivity contribution in [2.75, 3.05) is 13.2 Å². The number of carboxylic acids is 1. The summed E-state index contributed by atoms with van der Waals surface area (Å²) in [6.07, 6.45) is 0.777. The second-order valence-corrected chi connectivity index (χ2v) is 3.84. The Morgan fingerprint density at radius 3 is 2.53 bits per heavy atom. The predicted molar refractivity (Wildman–Crippen MR) is 54.7 cm³/mol. The maximum absolute atomic E-state index is 10.7. The summed E-state index contributed by atoms with van der Waals surface area (Å²) in [5.74, 6) is -0.921. The first-order chi connectivity index (χ1) is 7.12. The molecule has 0 spiro atoms. The van der Waals surface area contributed by atoms with Gasteiger partial charge >= 0.3 is 5.97 Å². The minimum atomic E-state index is -0.921. The smallest absolute Gasteiger partial charge is 0.335 e. The molecule has 4 heteroatoms. The van der Waals surface area contributed by atoms with Crippen LogP contribution in [0.3, 0.4) is 0 Å². The first-order valence-corrected chi connectivity index (χ1v) is 4.82. The van der Waals surface area contributed by atoms with E-state index in [1.165, 1.54) is 0 Å². The molecule has 2 rings (SSSR count). The first kappa shape index (κ1) is 10.1. The van der Waals surface area contributed by atoms with Crippen molar-refractivity contribution < 1.29 is 14.6 Å². The summed E-state index contributed by atoms with van der Waals surface area (Å²) in [5, 5.41) is 8.75. The number of hydrogen-bond donors (Lipinski definition) is 2. The third-order valence-electron chi connectivity index (χ3n) is 2.76. The molecule has 1 aliphatic rings. The Hall–Kier alpha value is -1.39. The quantitative estimate of drug-likeness (QED) is 0.757. The molecule has 1 aliphatic heterocycles. The highest BCUT2D eigenvalue weighted by molar-refractivity contribution is 5.87. The Morgan fingerprint density at radius 2 is 2.07 bits per heavy atom. The van der Waals surface area contributed by atoms with Crippen LogP contribution in [0, 0.1) is 0 Å². The Kier molecular flexibility index (Phi) is 2.46. The number of rotatable bonds is 2. The van der Waals surface area contributed by atoms with Crippen molar-refractivity contribution in [1.29, 1.82) is 0 Å². The fourth-order valence-electron chi connectivity index (χ4n) is 1.75. The molecule has 1 atom stereocenters. The van der Waals surface area contributed by atoms with E-state index in [4.69, 9.17) is 15.6 Å². The first-order valence-electron chi connectivity index (χ1n) is 4.82. The monoisotopic (exact) mass is 207 g/mol. The molecule has 0 radical (unpaired) electrons. The van der Waals surface area contributed by atoms with Gasteiger partial charge in [-0.3, -0.25) is 0 Å². The highest BCUT2D eigenvalue weighted by atomic mass is 16.5. The van der Waals surface area contributed by atoms with E-state index >= 15 is 0 Å². The van der Waals surface area contributed by atoms with Crippen LogP contribution in [0.4, 0.5) is 0 Å². The summed E-state index contributed by atoms with van der Waals surface area (Å²) in [7, 11) is 0. The van der Waals surface area contributed by atoms with Crippen LogP contribution in [0.25, 0.3) is 0 Å². The van der Waals surface area contributed by atoms with Crippen molar-refractivity contribution in [3.05, 3.63) is 35.4 Å². The zero-order chi connectivity index (χ0) is 10.9. The van der Waals surface area contributed by atoms with Crippen molar-refractivity contribution in [3.63, 3.8) is 0 Å². The van der Waals surface area contributed by atoms with Crippen molar-refractivity contribution >= 4 is 5.97 Å². The van der Waals surface area contributed by atoms with Crippen LogP contribution in [-0.4, -0.2) is 24.3 Å². The van der Waals surface area contributed by atoms with E-state index in [1.807, 2.05) is 0 Å². The minimum absolute atomic E-state index is 0.279. The van der Waals surface area contributed by atoms with Crippen molar-refractivity contribution in [1.82, 2.24) is 0 Å². The number of nitrogens with two attached hydrogens (primary N) is 1. The van der Waals surface area contributed by atoms with E-state index in [0.29, 0.717) is 13.2 Å². The topological polar surface area (TPSA) is 72.6 Å². The molecule has 0 bridgehead atoms. The normalized spacial score (nSPS) is 25.4. The van der Waals surface area contributed by atoms with Crippen LogP contribution in [-0.2, 0) is 10.3 Å². The Morgan fingerprint density at radius 1 is 1.40 bits per heavy atom. The van der Waals surface area contributed by atoms with Gasteiger partial charge in [-0.25, -0.2) is 4.79 Å². The Bertz CT molecular complexity index is 366. The molecule has 0 saturated carbocycles. The third-order valence-corrected chi connectivity index (χ3v) is 2.76. The highest BCUT2D eigenvalue weighted by Crippen LogP contribution is 2.27. The van der Waals surface area contributed by atoms with Crippen LogP contribution in [0.5, 0.6) is 0 Å². The molecule has 1 aromatic rings. The van der Waals surface area contributed by atoms with Crippen LogP contribution in [0.15, 0.2) is 24.3 Å². The molecule has 1 heterocycles. The van der Waals surface area contributed by atoms with E-state index in [9.17, 15) is 4.79 Å². The zero-order valence-electron chi connectivity index (χ0n) is 8.27. The number of carbonyl (C=O) groups is 1. The summed E-state index contributed by atoms with van der Waals surface area (Å²) in [6.45, 7) is 1.16. The van der Waals surface area contributed by atoms with Gasteiger partial charge in [0.05, 0.1) is 17.7 Å². The summed E-state index contributed by atoms with van der Waals surface area (Å²) < 4.78 is 5.25. The molecular formula is C11H13NO3. The standard InChI is InChI=1S/C11H13NO3/c12-11(5-6-15-7-11)9-3-1-8(2-4-9)10(13)14/h1-4H,5-7,12H2,(H,13,14). The second-order valence-electron chi connectivity index (χ2n) is 3.84. The van der Waals surface area contributed by atoms with Gasteiger partial charge in [0, 0.05) is 6.61 Å². The molecule has 80 valence electrons. The van der Waals surface area contributed by atoms with E-state index in [-0.39, 0.29) is 5.56 Å². The molecule has 1 unspecified atom stereocenters. The van der Waals surface area contributed by atoms with E-state index in [2.05, 4.69) is 0 Å².